The molecule has 1 aliphatic heterocycles. The van der Waals surface area contributed by atoms with Crippen molar-refractivity contribution in [3.8, 4) is 0 Å². The van der Waals surface area contributed by atoms with Crippen LogP contribution in [0.15, 0.2) is 0 Å². The molecule has 0 spiro atoms. The van der Waals surface area contributed by atoms with Crippen molar-refractivity contribution in [1.29, 1.82) is 0 Å². The maximum Gasteiger partial charge on any atom is 0.322 e. The number of carbonyl (C=O) groups is 2. The number of hydrogen-bond donors (Lipinski definition) is 0. The van der Waals surface area contributed by atoms with Crippen molar-refractivity contribution in [3.63, 3.8) is 0 Å². The number of rotatable bonds is 51. The fraction of sp³-hybridized carbons (Fsp3) is 0.965. The van der Waals surface area contributed by atoms with E-state index < -0.39 is 30.6 Å². The normalized spacial score (nSPS) is 17.4. The number of nitrogens with zero attached hydrogens (tertiary/aromatic N) is 2. The van der Waals surface area contributed by atoms with Gasteiger partial charge in [0.1, 0.15) is 24.9 Å². The minimum Gasteiger partial charge on any atom is -0.462 e. The molecule has 1 heterocycles. The van der Waals surface area contributed by atoms with E-state index in [1.165, 1.54) is 154 Å². The van der Waals surface area contributed by atoms with Gasteiger partial charge in [-0.1, -0.05) is 195 Å². The van der Waals surface area contributed by atoms with Gasteiger partial charge < -0.3 is 33.2 Å². The van der Waals surface area contributed by atoms with Crippen LogP contribution in [0, 0.1) is 11.8 Å². The van der Waals surface area contributed by atoms with E-state index in [9.17, 15) is 9.59 Å². The zero-order valence-corrected chi connectivity index (χ0v) is 46.0. The maximum absolute atomic E-state index is 12.9. The van der Waals surface area contributed by atoms with Crippen LogP contribution in [0.4, 0.5) is 0 Å². The van der Waals surface area contributed by atoms with E-state index in [1.807, 2.05) is 28.2 Å². The Bertz CT molecular complexity index is 1090. The average Bonchev–Trinajstić information content (AvgIpc) is 3.62. The molecule has 1 saturated heterocycles. The molecule has 1 aliphatic rings. The van der Waals surface area contributed by atoms with Crippen molar-refractivity contribution in [3.05, 3.63) is 0 Å². The molecule has 1 rings (SSSR count). The highest BCUT2D eigenvalue weighted by Crippen LogP contribution is 2.30. The summed E-state index contributed by atoms with van der Waals surface area (Å²) in [6.07, 6.45) is 37.1. The highest BCUT2D eigenvalue weighted by molar-refractivity contribution is 5.72. The second kappa shape index (κ2) is 46.7. The summed E-state index contributed by atoms with van der Waals surface area (Å²) in [5, 5.41) is 0. The lowest BCUT2D eigenvalue weighted by molar-refractivity contribution is -0.197. The largest absolute Gasteiger partial charge is 0.462 e. The predicted molar refractivity (Wildman–Crippen MR) is 281 cm³/mol. The van der Waals surface area contributed by atoms with Gasteiger partial charge in [0, 0.05) is 39.6 Å². The van der Waals surface area contributed by atoms with Gasteiger partial charge in [0.25, 0.3) is 0 Å². The van der Waals surface area contributed by atoms with Gasteiger partial charge in [0.15, 0.2) is 0 Å². The van der Waals surface area contributed by atoms with Crippen LogP contribution in [0.1, 0.15) is 233 Å². The molecule has 0 radical (unpaired) electrons. The molecule has 68 heavy (non-hydrogen) atoms. The van der Waals surface area contributed by atoms with Crippen LogP contribution >= 0.6 is 0 Å². The second-order valence-corrected chi connectivity index (χ2v) is 20.8. The summed E-state index contributed by atoms with van der Waals surface area (Å²) >= 11 is 0. The molecule has 4 atom stereocenters. The highest BCUT2D eigenvalue weighted by atomic mass is 16.7. The summed E-state index contributed by atoms with van der Waals surface area (Å²) in [7, 11) is 7.32. The van der Waals surface area contributed by atoms with Crippen LogP contribution in [0.2, 0.25) is 0 Å². The summed E-state index contributed by atoms with van der Waals surface area (Å²) in [4.78, 5) is 29.0. The van der Waals surface area contributed by atoms with E-state index in [-0.39, 0.29) is 25.7 Å². The average molecular weight is 970 g/mol. The van der Waals surface area contributed by atoms with Crippen molar-refractivity contribution < 1.29 is 42.7 Å². The third kappa shape index (κ3) is 37.4. The summed E-state index contributed by atoms with van der Waals surface area (Å²) in [5.74, 6) is 0.928. The quantitative estimate of drug-likeness (QED) is 0.0430. The monoisotopic (exact) mass is 969 g/mol. The van der Waals surface area contributed by atoms with Crippen LogP contribution in [-0.2, 0) is 42.7 Å². The molecule has 0 aliphatic carbocycles. The minimum atomic E-state index is -0.942. The molecule has 1 unspecified atom stereocenters. The van der Waals surface area contributed by atoms with Gasteiger partial charge in [-0.2, -0.15) is 0 Å². The standard InChI is InChI=1S/C57H112N2O9/c1-9-13-27-35-50(36-28-14-10-2)39-45-62-41-31-23-19-17-21-25-33-43-64-55-52(49-66-53(60)47-58(5)6)67-57(68-54(61)48-59(7)8)56(55)65-44-34-26-22-18-20-24-32-42-63-46-40-51(37-29-15-11-3)38-30-16-12-4/h50-52,55-57H,9-49H2,1-8H3/t52-,55?,56+,57+/m1/s1. The lowest BCUT2D eigenvalue weighted by Crippen LogP contribution is -2.41. The number of likely N-dealkylation sites (N-methyl/N-ethyl adjacent to an activating group) is 2. The fourth-order valence-corrected chi connectivity index (χ4v) is 9.32. The second-order valence-electron chi connectivity index (χ2n) is 20.8. The summed E-state index contributed by atoms with van der Waals surface area (Å²) in [5.41, 5.74) is 0. The van der Waals surface area contributed by atoms with Crippen molar-refractivity contribution in [2.45, 2.75) is 258 Å². The van der Waals surface area contributed by atoms with Crippen LogP contribution in [-0.4, -0.2) is 134 Å². The van der Waals surface area contributed by atoms with Gasteiger partial charge in [0.05, 0.1) is 13.1 Å². The van der Waals surface area contributed by atoms with Crippen molar-refractivity contribution in [1.82, 2.24) is 9.80 Å². The first-order valence-corrected chi connectivity index (χ1v) is 28.8. The molecule has 404 valence electrons. The summed E-state index contributed by atoms with van der Waals surface area (Å²) in [6, 6.07) is 0. The van der Waals surface area contributed by atoms with Gasteiger partial charge in [0.2, 0.25) is 6.29 Å². The zero-order valence-electron chi connectivity index (χ0n) is 46.0. The minimum absolute atomic E-state index is 0.00476. The Hall–Kier alpha value is -1.34. The molecule has 0 aromatic heterocycles. The Morgan fingerprint density at radius 2 is 0.794 bits per heavy atom. The molecule has 0 bridgehead atoms. The molecule has 0 saturated carbocycles. The molecule has 11 heteroatoms. The lowest BCUT2D eigenvalue weighted by atomic mass is 9.92. The topological polar surface area (TPSA) is 105 Å². The number of esters is 2. The summed E-state index contributed by atoms with van der Waals surface area (Å²) < 4.78 is 43.0. The third-order valence-corrected chi connectivity index (χ3v) is 13.5. The molecule has 1 fully saturated rings. The first-order chi connectivity index (χ1) is 33.1. The molecular formula is C57H112N2O9. The molecular weight excluding hydrogens is 857 g/mol. The Balaban J connectivity index is 2.52. The van der Waals surface area contributed by atoms with Crippen LogP contribution < -0.4 is 0 Å². The molecule has 0 N–H and O–H groups in total. The number of carbonyl (C=O) groups excluding carboxylic acids is 2. The predicted octanol–water partition coefficient (Wildman–Crippen LogP) is 13.5. The Morgan fingerprint density at radius 3 is 1.19 bits per heavy atom. The Morgan fingerprint density at radius 1 is 0.426 bits per heavy atom. The van der Waals surface area contributed by atoms with Crippen LogP contribution in [0.25, 0.3) is 0 Å². The van der Waals surface area contributed by atoms with Crippen molar-refractivity contribution in [2.75, 3.05) is 87.5 Å². The highest BCUT2D eigenvalue weighted by Gasteiger charge is 2.49. The Kier molecular flexibility index (Phi) is 44.4. The van der Waals surface area contributed by atoms with E-state index in [0.29, 0.717) is 13.2 Å². The Labute approximate surface area is 420 Å². The fourth-order valence-electron chi connectivity index (χ4n) is 9.32. The van der Waals surface area contributed by atoms with E-state index in [4.69, 9.17) is 33.2 Å². The van der Waals surface area contributed by atoms with Gasteiger partial charge in [-0.3, -0.25) is 19.4 Å². The van der Waals surface area contributed by atoms with Crippen molar-refractivity contribution in [2.24, 2.45) is 11.8 Å². The van der Waals surface area contributed by atoms with Crippen LogP contribution in [0.5, 0.6) is 0 Å². The van der Waals surface area contributed by atoms with E-state index in [0.717, 1.165) is 89.6 Å². The van der Waals surface area contributed by atoms with E-state index >= 15 is 0 Å². The molecule has 0 aromatic rings. The first-order valence-electron chi connectivity index (χ1n) is 28.8. The first kappa shape index (κ1) is 64.7. The van der Waals surface area contributed by atoms with Crippen LogP contribution in [0.3, 0.4) is 0 Å². The smallest absolute Gasteiger partial charge is 0.322 e. The summed E-state index contributed by atoms with van der Waals surface area (Å²) in [6.45, 7) is 14.1. The van der Waals surface area contributed by atoms with E-state index in [2.05, 4.69) is 27.7 Å². The molecule has 11 nitrogen and oxygen atoms in total. The van der Waals surface area contributed by atoms with E-state index in [1.54, 1.807) is 9.80 Å². The van der Waals surface area contributed by atoms with Gasteiger partial charge in [-0.15, -0.1) is 0 Å². The molecule has 0 aromatic carbocycles. The third-order valence-electron chi connectivity index (χ3n) is 13.5. The zero-order chi connectivity index (χ0) is 49.7. The van der Waals surface area contributed by atoms with Gasteiger partial charge in [-0.25, -0.2) is 0 Å². The maximum atomic E-state index is 12.9. The lowest BCUT2D eigenvalue weighted by Gasteiger charge is -2.25. The molecule has 0 amide bonds. The van der Waals surface area contributed by atoms with Gasteiger partial charge in [-0.05, 0) is 78.6 Å². The van der Waals surface area contributed by atoms with Crippen molar-refractivity contribution >= 4 is 11.9 Å². The van der Waals surface area contributed by atoms with Gasteiger partial charge >= 0.3 is 11.9 Å². The number of unbranched alkanes of at least 4 members (excludes halogenated alkanes) is 20. The number of ether oxygens (including phenoxy) is 7. The SMILES string of the molecule is CCCCCC(CCCCC)CCOCCCCCCCCCOC1[C@@H](COC(=O)CN(C)C)O[C@@H](OC(=O)CN(C)C)[C@H]1OCCCCCCCCCOCCC(CCCCC)CCCCC. The number of hydrogen-bond acceptors (Lipinski definition) is 11.